The zero-order chi connectivity index (χ0) is 12.6. The summed E-state index contributed by atoms with van der Waals surface area (Å²) >= 11 is 0. The second-order valence-electron chi connectivity index (χ2n) is 6.15. The van der Waals surface area contributed by atoms with Crippen molar-refractivity contribution in [2.75, 3.05) is 19.7 Å². The van der Waals surface area contributed by atoms with Gasteiger partial charge in [0.15, 0.2) is 0 Å². The summed E-state index contributed by atoms with van der Waals surface area (Å²) in [5.41, 5.74) is 5.01. The molecular formula is C12H24N2O2. The van der Waals surface area contributed by atoms with Gasteiger partial charge in [0, 0.05) is 18.5 Å². The van der Waals surface area contributed by atoms with Gasteiger partial charge in [0.1, 0.15) is 0 Å². The summed E-state index contributed by atoms with van der Waals surface area (Å²) in [5, 5.41) is 0. The predicted molar refractivity (Wildman–Crippen MR) is 64.0 cm³/mol. The average Bonchev–Trinajstić information content (AvgIpc) is 2.15. The van der Waals surface area contributed by atoms with Crippen molar-refractivity contribution in [3.8, 4) is 0 Å². The number of nitrogens with two attached hydrogens (primary N) is 1. The first kappa shape index (κ1) is 13.5. The number of amides is 1. The van der Waals surface area contributed by atoms with Crippen LogP contribution in [0.15, 0.2) is 0 Å². The van der Waals surface area contributed by atoms with Gasteiger partial charge in [-0.15, -0.1) is 0 Å². The van der Waals surface area contributed by atoms with Gasteiger partial charge in [-0.1, -0.05) is 20.8 Å². The maximum atomic E-state index is 12.3. The number of rotatable bonds is 1. The molecule has 1 atom stereocenters. The van der Waals surface area contributed by atoms with Crippen LogP contribution in [-0.2, 0) is 9.53 Å². The first-order valence-electron chi connectivity index (χ1n) is 5.82. The highest BCUT2D eigenvalue weighted by Crippen LogP contribution is 2.28. The number of carbonyl (C=O) groups excluding carboxylic acids is 1. The third kappa shape index (κ3) is 2.74. The van der Waals surface area contributed by atoms with Crippen molar-refractivity contribution in [3.05, 3.63) is 0 Å². The van der Waals surface area contributed by atoms with Crippen LogP contribution in [0.5, 0.6) is 0 Å². The minimum atomic E-state index is -0.353. The predicted octanol–water partition coefficient (Wildman–Crippen LogP) is 0.997. The first-order chi connectivity index (χ1) is 7.18. The van der Waals surface area contributed by atoms with Crippen molar-refractivity contribution in [2.45, 2.75) is 46.3 Å². The number of hydrogen-bond acceptors (Lipinski definition) is 3. The second kappa shape index (κ2) is 4.34. The van der Waals surface area contributed by atoms with Gasteiger partial charge in [0.05, 0.1) is 18.2 Å². The molecule has 2 N–H and O–H groups in total. The molecule has 0 radical (unpaired) electrons. The van der Waals surface area contributed by atoms with Gasteiger partial charge in [-0.2, -0.15) is 0 Å². The molecule has 0 spiro atoms. The van der Waals surface area contributed by atoms with Crippen molar-refractivity contribution in [3.63, 3.8) is 0 Å². The molecule has 1 rings (SSSR count). The van der Waals surface area contributed by atoms with Crippen LogP contribution in [0.2, 0.25) is 0 Å². The van der Waals surface area contributed by atoms with Gasteiger partial charge in [0.2, 0.25) is 5.91 Å². The molecule has 1 fully saturated rings. The number of hydrogen-bond donors (Lipinski definition) is 1. The molecule has 0 aliphatic carbocycles. The van der Waals surface area contributed by atoms with Crippen LogP contribution in [0.1, 0.15) is 34.6 Å². The van der Waals surface area contributed by atoms with Crippen molar-refractivity contribution in [2.24, 2.45) is 11.1 Å². The van der Waals surface area contributed by atoms with Crippen molar-refractivity contribution >= 4 is 5.91 Å². The molecular weight excluding hydrogens is 204 g/mol. The third-order valence-electron chi connectivity index (χ3n) is 2.94. The Morgan fingerprint density at radius 1 is 1.50 bits per heavy atom. The van der Waals surface area contributed by atoms with Crippen LogP contribution >= 0.6 is 0 Å². The normalized spacial score (nSPS) is 25.6. The van der Waals surface area contributed by atoms with Crippen molar-refractivity contribution in [1.29, 1.82) is 0 Å². The fraction of sp³-hybridized carbons (Fsp3) is 0.917. The molecule has 16 heavy (non-hydrogen) atoms. The molecule has 0 aromatic rings. The van der Waals surface area contributed by atoms with E-state index in [1.165, 1.54) is 0 Å². The van der Waals surface area contributed by atoms with E-state index in [0.717, 1.165) is 0 Å². The molecule has 0 aromatic heterocycles. The van der Waals surface area contributed by atoms with E-state index in [9.17, 15) is 4.79 Å². The highest BCUT2D eigenvalue weighted by Gasteiger charge is 2.41. The molecule has 1 amide bonds. The molecule has 94 valence electrons. The SMILES string of the molecule is CC(C)(C)C(=O)N1CC(CN)OCC1(C)C. The molecule has 1 heterocycles. The van der Waals surface area contributed by atoms with Crippen LogP contribution in [0.4, 0.5) is 0 Å². The van der Waals surface area contributed by atoms with Gasteiger partial charge in [0.25, 0.3) is 0 Å². The highest BCUT2D eigenvalue weighted by molar-refractivity contribution is 5.82. The van der Waals surface area contributed by atoms with Crippen LogP contribution in [-0.4, -0.2) is 42.1 Å². The van der Waals surface area contributed by atoms with E-state index in [4.69, 9.17) is 10.5 Å². The maximum Gasteiger partial charge on any atom is 0.228 e. The Hall–Kier alpha value is -0.610. The number of morpholine rings is 1. The zero-order valence-corrected chi connectivity index (χ0v) is 11.0. The molecule has 4 heteroatoms. The zero-order valence-electron chi connectivity index (χ0n) is 11.0. The Morgan fingerprint density at radius 3 is 2.50 bits per heavy atom. The monoisotopic (exact) mass is 228 g/mol. The Labute approximate surface area is 98.1 Å². The van der Waals surface area contributed by atoms with Crippen LogP contribution < -0.4 is 5.73 Å². The molecule has 0 saturated carbocycles. The summed E-state index contributed by atoms with van der Waals surface area (Å²) < 4.78 is 5.62. The summed E-state index contributed by atoms with van der Waals surface area (Å²) in [5.74, 6) is 0.166. The van der Waals surface area contributed by atoms with Gasteiger partial charge in [-0.05, 0) is 13.8 Å². The van der Waals surface area contributed by atoms with E-state index in [-0.39, 0.29) is 23.0 Å². The Morgan fingerprint density at radius 2 is 2.06 bits per heavy atom. The smallest absolute Gasteiger partial charge is 0.228 e. The maximum absolute atomic E-state index is 12.3. The molecule has 1 saturated heterocycles. The number of carbonyl (C=O) groups is 1. The van der Waals surface area contributed by atoms with E-state index >= 15 is 0 Å². The van der Waals surface area contributed by atoms with Crippen molar-refractivity contribution in [1.82, 2.24) is 4.90 Å². The summed E-state index contributed by atoms with van der Waals surface area (Å²) in [6, 6.07) is 0. The molecule has 0 bridgehead atoms. The number of nitrogens with zero attached hydrogens (tertiary/aromatic N) is 1. The molecule has 4 nitrogen and oxygen atoms in total. The largest absolute Gasteiger partial charge is 0.373 e. The third-order valence-corrected chi connectivity index (χ3v) is 2.94. The summed E-state index contributed by atoms with van der Waals surface area (Å²) in [6.45, 7) is 11.5. The summed E-state index contributed by atoms with van der Waals surface area (Å²) in [4.78, 5) is 14.2. The van der Waals surface area contributed by atoms with Crippen LogP contribution in [0, 0.1) is 5.41 Å². The topological polar surface area (TPSA) is 55.6 Å². The Kier molecular flexibility index (Phi) is 3.65. The van der Waals surface area contributed by atoms with E-state index in [1.807, 2.05) is 39.5 Å². The van der Waals surface area contributed by atoms with E-state index in [1.54, 1.807) is 0 Å². The fourth-order valence-corrected chi connectivity index (χ4v) is 1.81. The second-order valence-corrected chi connectivity index (χ2v) is 6.15. The fourth-order valence-electron chi connectivity index (χ4n) is 1.81. The summed E-state index contributed by atoms with van der Waals surface area (Å²) in [6.07, 6.45) is -0.0284. The van der Waals surface area contributed by atoms with Gasteiger partial charge in [-0.3, -0.25) is 4.79 Å². The van der Waals surface area contributed by atoms with E-state index < -0.39 is 0 Å². The lowest BCUT2D eigenvalue weighted by molar-refractivity contribution is -0.161. The van der Waals surface area contributed by atoms with Gasteiger partial charge < -0.3 is 15.4 Å². The van der Waals surface area contributed by atoms with E-state index in [2.05, 4.69) is 0 Å². The minimum absolute atomic E-state index is 0.0284. The van der Waals surface area contributed by atoms with Crippen LogP contribution in [0.25, 0.3) is 0 Å². The minimum Gasteiger partial charge on any atom is -0.373 e. The average molecular weight is 228 g/mol. The first-order valence-corrected chi connectivity index (χ1v) is 5.82. The standard InChI is InChI=1S/C12H24N2O2/c1-11(2,3)10(15)14-7-9(6-13)16-8-12(14,4)5/h9H,6-8,13H2,1-5H3. The molecule has 1 aliphatic rings. The van der Waals surface area contributed by atoms with Crippen molar-refractivity contribution < 1.29 is 9.53 Å². The Bertz CT molecular complexity index is 269. The molecule has 1 unspecified atom stereocenters. The highest BCUT2D eigenvalue weighted by atomic mass is 16.5. The molecule has 1 aliphatic heterocycles. The summed E-state index contributed by atoms with van der Waals surface area (Å²) in [7, 11) is 0. The number of ether oxygens (including phenoxy) is 1. The lowest BCUT2D eigenvalue weighted by Crippen LogP contribution is -2.61. The lowest BCUT2D eigenvalue weighted by Gasteiger charge is -2.47. The quantitative estimate of drug-likeness (QED) is 0.728. The molecule has 0 aromatic carbocycles. The van der Waals surface area contributed by atoms with Crippen LogP contribution in [0.3, 0.4) is 0 Å². The Balaban J connectivity index is 2.85. The van der Waals surface area contributed by atoms with Gasteiger partial charge in [-0.25, -0.2) is 0 Å². The van der Waals surface area contributed by atoms with E-state index in [0.29, 0.717) is 19.7 Å². The van der Waals surface area contributed by atoms with Gasteiger partial charge >= 0.3 is 0 Å². The lowest BCUT2D eigenvalue weighted by atomic mass is 9.90.